The van der Waals surface area contributed by atoms with Crippen LogP contribution in [0.15, 0.2) is 29.9 Å². The molecule has 0 spiro atoms. The smallest absolute Gasteiger partial charge is 0.0945 e. The Morgan fingerprint density at radius 3 is 2.75 bits per heavy atom. The molecule has 0 aliphatic heterocycles. The maximum absolute atomic E-state index is 4.71. The standard InChI is InChI=1S/C16H21N3S/c1-2-4-14(5-3-1)18-11-8-16-19-15(12-20-16)13-6-9-17-10-7-13/h6-7,9-10,12,14,18H,1-5,8,11H2. The number of nitrogens with one attached hydrogen (secondary N) is 1. The molecule has 0 unspecified atom stereocenters. The second kappa shape index (κ2) is 6.95. The number of thiazole rings is 1. The van der Waals surface area contributed by atoms with Crippen LogP contribution < -0.4 is 5.32 Å². The minimum Gasteiger partial charge on any atom is -0.314 e. The lowest BCUT2D eigenvalue weighted by molar-refractivity contribution is 0.375. The van der Waals surface area contributed by atoms with E-state index < -0.39 is 0 Å². The molecule has 3 nitrogen and oxygen atoms in total. The third-order valence-corrected chi connectivity index (χ3v) is 4.81. The SMILES string of the molecule is c1cc(-c2csc(CCNC3CCCCC3)n2)ccn1. The molecule has 1 aliphatic rings. The minimum atomic E-state index is 0.739. The number of nitrogens with zero attached hydrogens (tertiary/aromatic N) is 2. The van der Waals surface area contributed by atoms with Crippen LogP contribution in [0.25, 0.3) is 11.3 Å². The quantitative estimate of drug-likeness (QED) is 0.911. The molecule has 0 atom stereocenters. The van der Waals surface area contributed by atoms with Crippen molar-refractivity contribution >= 4 is 11.3 Å². The Hall–Kier alpha value is -1.26. The Labute approximate surface area is 124 Å². The summed E-state index contributed by atoms with van der Waals surface area (Å²) in [6, 6.07) is 4.77. The zero-order valence-corrected chi connectivity index (χ0v) is 12.5. The zero-order chi connectivity index (χ0) is 13.6. The summed E-state index contributed by atoms with van der Waals surface area (Å²) in [4.78, 5) is 8.76. The van der Waals surface area contributed by atoms with Crippen LogP contribution in [0.5, 0.6) is 0 Å². The molecule has 0 amide bonds. The Balaban J connectivity index is 1.50. The van der Waals surface area contributed by atoms with Crippen LogP contribution in [-0.2, 0) is 6.42 Å². The zero-order valence-electron chi connectivity index (χ0n) is 11.7. The van der Waals surface area contributed by atoms with E-state index >= 15 is 0 Å². The van der Waals surface area contributed by atoms with E-state index in [9.17, 15) is 0 Å². The van der Waals surface area contributed by atoms with Gasteiger partial charge < -0.3 is 5.32 Å². The summed E-state index contributed by atoms with van der Waals surface area (Å²) in [6.07, 6.45) is 11.6. The van der Waals surface area contributed by atoms with Crippen molar-refractivity contribution in [3.8, 4) is 11.3 Å². The van der Waals surface area contributed by atoms with Crippen LogP contribution in [0, 0.1) is 0 Å². The maximum atomic E-state index is 4.71. The van der Waals surface area contributed by atoms with Crippen molar-refractivity contribution in [1.82, 2.24) is 15.3 Å². The maximum Gasteiger partial charge on any atom is 0.0945 e. The molecule has 20 heavy (non-hydrogen) atoms. The molecule has 0 bridgehead atoms. The van der Waals surface area contributed by atoms with Gasteiger partial charge >= 0.3 is 0 Å². The van der Waals surface area contributed by atoms with Crippen molar-refractivity contribution in [3.63, 3.8) is 0 Å². The third-order valence-electron chi connectivity index (χ3n) is 3.90. The van der Waals surface area contributed by atoms with Crippen LogP contribution in [0.3, 0.4) is 0 Å². The first-order valence-corrected chi connectivity index (χ1v) is 8.38. The Bertz CT molecular complexity index is 518. The summed E-state index contributed by atoms with van der Waals surface area (Å²) >= 11 is 1.76. The van der Waals surface area contributed by atoms with Crippen molar-refractivity contribution in [1.29, 1.82) is 0 Å². The predicted octanol–water partition coefficient (Wildman–Crippen LogP) is 3.67. The van der Waals surface area contributed by atoms with Crippen LogP contribution in [0.4, 0.5) is 0 Å². The lowest BCUT2D eigenvalue weighted by Crippen LogP contribution is -2.32. The van der Waals surface area contributed by atoms with Gasteiger partial charge in [0.05, 0.1) is 10.7 Å². The monoisotopic (exact) mass is 287 g/mol. The summed E-state index contributed by atoms with van der Waals surface area (Å²) in [5, 5.41) is 7.04. The fourth-order valence-corrected chi connectivity index (χ4v) is 3.58. The second-order valence-electron chi connectivity index (χ2n) is 5.40. The van der Waals surface area contributed by atoms with Gasteiger partial charge in [0.2, 0.25) is 0 Å². The highest BCUT2D eigenvalue weighted by molar-refractivity contribution is 7.09. The third kappa shape index (κ3) is 3.64. The van der Waals surface area contributed by atoms with Gasteiger partial charge in [-0.3, -0.25) is 4.98 Å². The Morgan fingerprint density at radius 1 is 1.15 bits per heavy atom. The van der Waals surface area contributed by atoms with E-state index in [2.05, 4.69) is 15.7 Å². The molecule has 106 valence electrons. The topological polar surface area (TPSA) is 37.8 Å². The number of hydrogen-bond donors (Lipinski definition) is 1. The van der Waals surface area contributed by atoms with E-state index in [1.54, 1.807) is 11.3 Å². The summed E-state index contributed by atoms with van der Waals surface area (Å²) in [7, 11) is 0. The highest BCUT2D eigenvalue weighted by Crippen LogP contribution is 2.21. The van der Waals surface area contributed by atoms with Crippen LogP contribution in [-0.4, -0.2) is 22.6 Å². The van der Waals surface area contributed by atoms with Gasteiger partial charge in [-0.25, -0.2) is 4.98 Å². The van der Waals surface area contributed by atoms with Gasteiger partial charge in [0.25, 0.3) is 0 Å². The van der Waals surface area contributed by atoms with Gasteiger partial charge in [0, 0.05) is 42.3 Å². The fourth-order valence-electron chi connectivity index (χ4n) is 2.77. The van der Waals surface area contributed by atoms with Gasteiger partial charge in [-0.2, -0.15) is 0 Å². The molecule has 1 fully saturated rings. The molecule has 3 rings (SSSR count). The molecule has 2 aromatic rings. The number of hydrogen-bond acceptors (Lipinski definition) is 4. The average molecular weight is 287 g/mol. The lowest BCUT2D eigenvalue weighted by atomic mass is 9.95. The van der Waals surface area contributed by atoms with E-state index in [0.29, 0.717) is 0 Å². The highest BCUT2D eigenvalue weighted by Gasteiger charge is 2.12. The van der Waals surface area contributed by atoms with Gasteiger partial charge in [-0.15, -0.1) is 11.3 Å². The average Bonchev–Trinajstić information content (AvgIpc) is 2.98. The van der Waals surface area contributed by atoms with Crippen molar-refractivity contribution in [2.24, 2.45) is 0 Å². The summed E-state index contributed by atoms with van der Waals surface area (Å²) in [5.74, 6) is 0. The molecule has 0 radical (unpaired) electrons. The Kier molecular flexibility index (Phi) is 4.77. The molecule has 2 aromatic heterocycles. The first-order valence-electron chi connectivity index (χ1n) is 7.50. The van der Waals surface area contributed by atoms with E-state index in [-0.39, 0.29) is 0 Å². The van der Waals surface area contributed by atoms with Crippen molar-refractivity contribution in [2.75, 3.05) is 6.54 Å². The molecule has 0 aromatic carbocycles. The summed E-state index contributed by atoms with van der Waals surface area (Å²) < 4.78 is 0. The van der Waals surface area contributed by atoms with E-state index in [1.807, 2.05) is 24.5 Å². The van der Waals surface area contributed by atoms with E-state index in [0.717, 1.165) is 30.3 Å². The van der Waals surface area contributed by atoms with Gasteiger partial charge in [0.15, 0.2) is 0 Å². The normalized spacial score (nSPS) is 16.4. The molecule has 2 heterocycles. The number of pyridine rings is 1. The molecule has 1 aliphatic carbocycles. The second-order valence-corrected chi connectivity index (χ2v) is 6.34. The van der Waals surface area contributed by atoms with Gasteiger partial charge in [-0.05, 0) is 25.0 Å². The molecule has 1 saturated carbocycles. The van der Waals surface area contributed by atoms with E-state index in [1.165, 1.54) is 37.1 Å². The number of rotatable bonds is 5. The van der Waals surface area contributed by atoms with Gasteiger partial charge in [-0.1, -0.05) is 19.3 Å². The summed E-state index contributed by atoms with van der Waals surface area (Å²) in [6.45, 7) is 1.05. The van der Waals surface area contributed by atoms with Crippen molar-refractivity contribution < 1.29 is 0 Å². The molecular weight excluding hydrogens is 266 g/mol. The predicted molar refractivity (Wildman–Crippen MR) is 83.9 cm³/mol. The van der Waals surface area contributed by atoms with Crippen LogP contribution >= 0.6 is 11.3 Å². The summed E-state index contributed by atoms with van der Waals surface area (Å²) in [5.41, 5.74) is 2.23. The largest absolute Gasteiger partial charge is 0.314 e. The van der Waals surface area contributed by atoms with Crippen molar-refractivity contribution in [3.05, 3.63) is 34.9 Å². The molecule has 4 heteroatoms. The number of aromatic nitrogens is 2. The lowest BCUT2D eigenvalue weighted by Gasteiger charge is -2.22. The fraction of sp³-hybridized carbons (Fsp3) is 0.500. The van der Waals surface area contributed by atoms with E-state index in [4.69, 9.17) is 4.98 Å². The van der Waals surface area contributed by atoms with Gasteiger partial charge in [0.1, 0.15) is 0 Å². The minimum absolute atomic E-state index is 0.739. The first-order chi connectivity index (χ1) is 9.92. The first kappa shape index (κ1) is 13.7. The van der Waals surface area contributed by atoms with Crippen molar-refractivity contribution in [2.45, 2.75) is 44.6 Å². The van der Waals surface area contributed by atoms with Crippen LogP contribution in [0.2, 0.25) is 0 Å². The molecule has 0 saturated heterocycles. The highest BCUT2D eigenvalue weighted by atomic mass is 32.1. The molecular formula is C16H21N3S. The molecule has 1 N–H and O–H groups in total. The van der Waals surface area contributed by atoms with Crippen LogP contribution in [0.1, 0.15) is 37.1 Å². The Morgan fingerprint density at radius 2 is 1.95 bits per heavy atom.